The van der Waals surface area contributed by atoms with Gasteiger partial charge in [0.2, 0.25) is 0 Å². The van der Waals surface area contributed by atoms with Crippen LogP contribution in [-0.2, 0) is 0 Å². The van der Waals surface area contributed by atoms with E-state index in [0.717, 1.165) is 21.6 Å². The number of nitrogens with one attached hydrogen (secondary N) is 1. The molecular formula is C23H18N6O2S. The molecule has 5 rings (SSSR count). The number of carbonyl (C=O) groups excluding carboxylic acids is 1. The molecule has 0 spiro atoms. The second kappa shape index (κ2) is 8.20. The Bertz CT molecular complexity index is 1430. The van der Waals surface area contributed by atoms with Gasteiger partial charge in [0.15, 0.2) is 17.3 Å². The Morgan fingerprint density at radius 1 is 1.09 bits per heavy atom. The summed E-state index contributed by atoms with van der Waals surface area (Å²) in [4.78, 5) is 30.8. The summed E-state index contributed by atoms with van der Waals surface area (Å²) in [7, 11) is 1.57. The molecule has 1 amide bonds. The van der Waals surface area contributed by atoms with Crippen LogP contribution in [0, 0.1) is 6.92 Å². The first-order valence-electron chi connectivity index (χ1n) is 9.79. The topological polar surface area (TPSA) is 94.8 Å². The molecule has 3 aromatic heterocycles. The maximum absolute atomic E-state index is 13.1. The van der Waals surface area contributed by atoms with Gasteiger partial charge in [-0.3, -0.25) is 4.79 Å². The molecule has 0 bridgehead atoms. The summed E-state index contributed by atoms with van der Waals surface area (Å²) in [5.74, 6) is 1.19. The van der Waals surface area contributed by atoms with Crippen molar-refractivity contribution in [1.82, 2.24) is 24.5 Å². The molecule has 0 fully saturated rings. The molecule has 1 N–H and O–H groups in total. The van der Waals surface area contributed by atoms with Crippen molar-refractivity contribution in [2.24, 2.45) is 0 Å². The van der Waals surface area contributed by atoms with E-state index >= 15 is 0 Å². The van der Waals surface area contributed by atoms with E-state index in [1.54, 1.807) is 31.1 Å². The number of carbonyl (C=O) groups is 1. The summed E-state index contributed by atoms with van der Waals surface area (Å²) >= 11 is 1.38. The van der Waals surface area contributed by atoms with E-state index in [4.69, 9.17) is 4.74 Å². The molecule has 0 saturated carbocycles. The number of hydrogen-bond acceptors (Lipinski definition) is 7. The molecule has 158 valence electrons. The van der Waals surface area contributed by atoms with Gasteiger partial charge < -0.3 is 14.6 Å². The quantitative estimate of drug-likeness (QED) is 0.430. The number of anilines is 1. The molecule has 0 radical (unpaired) electrons. The van der Waals surface area contributed by atoms with E-state index in [9.17, 15) is 4.79 Å². The highest BCUT2D eigenvalue weighted by Crippen LogP contribution is 2.29. The lowest BCUT2D eigenvalue weighted by Crippen LogP contribution is -2.14. The number of imidazole rings is 1. The SMILES string of the molecule is COc1cc(C(=O)Nc2nc(-c3ccccc3)nc3ncsc23)ccc1-n1cnc(C)c1. The molecule has 2 aromatic carbocycles. The second-order valence-electron chi connectivity index (χ2n) is 7.03. The first-order chi connectivity index (χ1) is 15.6. The van der Waals surface area contributed by atoms with Crippen LogP contribution >= 0.6 is 11.3 Å². The average molecular weight is 443 g/mol. The van der Waals surface area contributed by atoms with Gasteiger partial charge in [0.25, 0.3) is 5.91 Å². The summed E-state index contributed by atoms with van der Waals surface area (Å²) in [6, 6.07) is 14.9. The Morgan fingerprint density at radius 2 is 1.94 bits per heavy atom. The minimum atomic E-state index is -0.302. The zero-order valence-electron chi connectivity index (χ0n) is 17.3. The Kier molecular flexibility index (Phi) is 5.08. The van der Waals surface area contributed by atoms with Crippen molar-refractivity contribution in [1.29, 1.82) is 0 Å². The van der Waals surface area contributed by atoms with Crippen molar-refractivity contribution >= 4 is 33.4 Å². The van der Waals surface area contributed by atoms with Crippen LogP contribution in [0.5, 0.6) is 5.75 Å². The van der Waals surface area contributed by atoms with E-state index in [1.165, 1.54) is 11.3 Å². The first kappa shape index (κ1) is 19.8. The summed E-state index contributed by atoms with van der Waals surface area (Å²) in [6.07, 6.45) is 3.60. The lowest BCUT2D eigenvalue weighted by atomic mass is 10.1. The van der Waals surface area contributed by atoms with E-state index in [1.807, 2.05) is 54.1 Å². The first-order valence-corrected chi connectivity index (χ1v) is 10.7. The fourth-order valence-electron chi connectivity index (χ4n) is 3.33. The van der Waals surface area contributed by atoms with Crippen molar-refractivity contribution in [3.8, 4) is 22.8 Å². The van der Waals surface area contributed by atoms with Crippen molar-refractivity contribution < 1.29 is 9.53 Å². The van der Waals surface area contributed by atoms with Crippen LogP contribution < -0.4 is 10.1 Å². The fourth-order valence-corrected chi connectivity index (χ4v) is 4.00. The summed E-state index contributed by atoms with van der Waals surface area (Å²) in [6.45, 7) is 1.91. The number of fused-ring (bicyclic) bond motifs is 1. The van der Waals surface area contributed by atoms with Crippen molar-refractivity contribution in [2.75, 3.05) is 12.4 Å². The predicted octanol–water partition coefficient (Wildman–Crippen LogP) is 4.51. The third-order valence-corrected chi connectivity index (χ3v) is 5.71. The number of nitrogens with zero attached hydrogens (tertiary/aromatic N) is 5. The maximum Gasteiger partial charge on any atom is 0.256 e. The highest BCUT2D eigenvalue weighted by molar-refractivity contribution is 7.17. The average Bonchev–Trinajstić information content (AvgIpc) is 3.48. The Balaban J connectivity index is 1.49. The highest BCUT2D eigenvalue weighted by Gasteiger charge is 2.17. The van der Waals surface area contributed by atoms with E-state index in [0.29, 0.717) is 28.6 Å². The molecule has 32 heavy (non-hydrogen) atoms. The monoisotopic (exact) mass is 442 g/mol. The van der Waals surface area contributed by atoms with Crippen LogP contribution in [0.3, 0.4) is 0 Å². The molecule has 0 saturated heterocycles. The van der Waals surface area contributed by atoms with Crippen LogP contribution in [0.25, 0.3) is 27.4 Å². The van der Waals surface area contributed by atoms with Gasteiger partial charge in [-0.25, -0.2) is 19.9 Å². The van der Waals surface area contributed by atoms with Gasteiger partial charge in [0.05, 0.1) is 30.3 Å². The van der Waals surface area contributed by atoms with E-state index in [-0.39, 0.29) is 5.91 Å². The number of aryl methyl sites for hydroxylation is 1. The number of rotatable bonds is 5. The molecule has 0 aliphatic carbocycles. The number of thiazole rings is 1. The third kappa shape index (κ3) is 3.69. The van der Waals surface area contributed by atoms with E-state index < -0.39 is 0 Å². The molecule has 0 aliphatic rings. The molecule has 5 aromatic rings. The van der Waals surface area contributed by atoms with Gasteiger partial charge in [-0.2, -0.15) is 0 Å². The van der Waals surface area contributed by atoms with Crippen LogP contribution in [-0.4, -0.2) is 37.5 Å². The Labute approximate surface area is 187 Å². The van der Waals surface area contributed by atoms with Crippen LogP contribution in [0.2, 0.25) is 0 Å². The lowest BCUT2D eigenvalue weighted by molar-refractivity contribution is 0.102. The van der Waals surface area contributed by atoms with Crippen molar-refractivity contribution in [3.05, 3.63) is 77.8 Å². The van der Waals surface area contributed by atoms with Crippen LogP contribution in [0.1, 0.15) is 16.1 Å². The van der Waals surface area contributed by atoms with Crippen molar-refractivity contribution in [2.45, 2.75) is 6.92 Å². The number of amides is 1. The molecule has 0 atom stereocenters. The normalized spacial score (nSPS) is 10.9. The molecule has 8 nitrogen and oxygen atoms in total. The summed E-state index contributed by atoms with van der Waals surface area (Å²) in [5.41, 5.74) is 5.21. The molecule has 0 aliphatic heterocycles. The van der Waals surface area contributed by atoms with Gasteiger partial charge >= 0.3 is 0 Å². The molecule has 9 heteroatoms. The van der Waals surface area contributed by atoms with Gasteiger partial charge in [-0.05, 0) is 25.1 Å². The minimum Gasteiger partial charge on any atom is -0.495 e. The molecule has 3 heterocycles. The fraction of sp³-hybridized carbons (Fsp3) is 0.0870. The van der Waals surface area contributed by atoms with Gasteiger partial charge in [-0.1, -0.05) is 30.3 Å². The largest absolute Gasteiger partial charge is 0.495 e. The van der Waals surface area contributed by atoms with Gasteiger partial charge in [0.1, 0.15) is 10.4 Å². The van der Waals surface area contributed by atoms with E-state index in [2.05, 4.69) is 25.3 Å². The Morgan fingerprint density at radius 3 is 2.69 bits per heavy atom. The van der Waals surface area contributed by atoms with Crippen LogP contribution in [0.4, 0.5) is 5.82 Å². The zero-order chi connectivity index (χ0) is 22.1. The number of benzene rings is 2. The number of aromatic nitrogens is 5. The number of hydrogen-bond donors (Lipinski definition) is 1. The van der Waals surface area contributed by atoms with Gasteiger partial charge in [0, 0.05) is 17.3 Å². The second-order valence-corrected chi connectivity index (χ2v) is 7.88. The molecule has 0 unspecified atom stereocenters. The minimum absolute atomic E-state index is 0.302. The summed E-state index contributed by atoms with van der Waals surface area (Å²) < 4.78 is 8.10. The van der Waals surface area contributed by atoms with Gasteiger partial charge in [-0.15, -0.1) is 11.3 Å². The lowest BCUT2D eigenvalue weighted by Gasteiger charge is -2.12. The third-order valence-electron chi connectivity index (χ3n) is 4.89. The molecular weight excluding hydrogens is 424 g/mol. The smallest absolute Gasteiger partial charge is 0.256 e. The van der Waals surface area contributed by atoms with Crippen LogP contribution in [0.15, 0.2) is 66.6 Å². The predicted molar refractivity (Wildman–Crippen MR) is 123 cm³/mol. The number of methoxy groups -OCH3 is 1. The number of ether oxygens (including phenoxy) is 1. The highest BCUT2D eigenvalue weighted by atomic mass is 32.1. The standard InChI is InChI=1S/C23H18N6O2S/c1-14-11-29(12-24-14)17-9-8-16(10-18(17)31-2)23(30)28-22-19-21(25-13-32-19)26-20(27-22)15-6-4-3-5-7-15/h3-13H,1-2H3,(H,26,27,28,30). The summed E-state index contributed by atoms with van der Waals surface area (Å²) in [5, 5.41) is 2.92. The maximum atomic E-state index is 13.1. The van der Waals surface area contributed by atoms with Crippen molar-refractivity contribution in [3.63, 3.8) is 0 Å². The zero-order valence-corrected chi connectivity index (χ0v) is 18.1. The Hall–Kier alpha value is -4.11.